The smallest absolute Gasteiger partial charge is 0.257 e. The predicted molar refractivity (Wildman–Crippen MR) is 118 cm³/mol. The minimum absolute atomic E-state index is 0.0763. The van der Waals surface area contributed by atoms with E-state index in [0.29, 0.717) is 5.56 Å². The van der Waals surface area contributed by atoms with E-state index in [9.17, 15) is 4.79 Å². The maximum Gasteiger partial charge on any atom is 0.257 e. The number of halogens is 1. The fourth-order valence-corrected chi connectivity index (χ4v) is 4.07. The van der Waals surface area contributed by atoms with Gasteiger partial charge in [-0.2, -0.15) is 5.10 Å². The van der Waals surface area contributed by atoms with Crippen LogP contribution in [0.1, 0.15) is 28.0 Å². The van der Waals surface area contributed by atoms with Crippen molar-refractivity contribution >= 4 is 21.8 Å². The molecule has 150 valence electrons. The van der Waals surface area contributed by atoms with Crippen molar-refractivity contribution in [1.82, 2.24) is 19.6 Å². The number of hydrogen-bond acceptors (Lipinski definition) is 3. The number of carbonyl (C=O) groups is 1. The molecule has 29 heavy (non-hydrogen) atoms. The second kappa shape index (κ2) is 8.93. The van der Waals surface area contributed by atoms with Gasteiger partial charge in [-0.1, -0.05) is 46.3 Å². The van der Waals surface area contributed by atoms with Gasteiger partial charge in [-0.3, -0.25) is 9.69 Å². The summed E-state index contributed by atoms with van der Waals surface area (Å²) < 4.78 is 2.85. The summed E-state index contributed by atoms with van der Waals surface area (Å²) in [4.78, 5) is 17.6. The van der Waals surface area contributed by atoms with Gasteiger partial charge in [-0.15, -0.1) is 0 Å². The second-order valence-electron chi connectivity index (χ2n) is 7.44. The number of amides is 1. The average molecular weight is 453 g/mol. The lowest BCUT2D eigenvalue weighted by atomic mass is 10.2. The molecule has 1 amide bonds. The van der Waals surface area contributed by atoms with Crippen LogP contribution in [0.5, 0.6) is 0 Å². The number of hydrogen-bond donors (Lipinski definition) is 0. The van der Waals surface area contributed by atoms with Gasteiger partial charge in [0.15, 0.2) is 0 Å². The minimum atomic E-state index is 0.0763. The van der Waals surface area contributed by atoms with Crippen LogP contribution < -0.4 is 0 Å². The van der Waals surface area contributed by atoms with E-state index in [1.807, 2.05) is 46.8 Å². The SMILES string of the molecule is Cc1c(C(=O)N2CCCN(Cc3ccccc3)CC2)cnn1-c1ccc(Br)cc1. The summed E-state index contributed by atoms with van der Waals surface area (Å²) in [6.45, 7) is 6.32. The highest BCUT2D eigenvalue weighted by Gasteiger charge is 2.23. The van der Waals surface area contributed by atoms with E-state index in [2.05, 4.69) is 50.2 Å². The Balaban J connectivity index is 1.44. The van der Waals surface area contributed by atoms with Crippen molar-refractivity contribution in [3.8, 4) is 5.69 Å². The summed E-state index contributed by atoms with van der Waals surface area (Å²) in [6.07, 6.45) is 2.69. The molecular formula is C23H25BrN4O. The van der Waals surface area contributed by atoms with E-state index < -0.39 is 0 Å². The van der Waals surface area contributed by atoms with E-state index in [0.717, 1.165) is 55.0 Å². The van der Waals surface area contributed by atoms with Crippen molar-refractivity contribution in [2.75, 3.05) is 26.2 Å². The van der Waals surface area contributed by atoms with Crippen LogP contribution in [0.2, 0.25) is 0 Å². The molecule has 0 radical (unpaired) electrons. The van der Waals surface area contributed by atoms with Crippen LogP contribution in [0, 0.1) is 6.92 Å². The van der Waals surface area contributed by atoms with Crippen molar-refractivity contribution in [3.05, 3.63) is 82.1 Å². The molecule has 0 aliphatic carbocycles. The van der Waals surface area contributed by atoms with Crippen LogP contribution in [-0.2, 0) is 6.54 Å². The zero-order valence-electron chi connectivity index (χ0n) is 16.6. The van der Waals surface area contributed by atoms with Crippen molar-refractivity contribution < 1.29 is 4.79 Å². The molecule has 0 N–H and O–H groups in total. The molecule has 0 spiro atoms. The zero-order valence-corrected chi connectivity index (χ0v) is 18.2. The first-order chi connectivity index (χ1) is 14.1. The quantitative estimate of drug-likeness (QED) is 0.592. The number of carbonyl (C=O) groups excluding carboxylic acids is 1. The third kappa shape index (κ3) is 4.60. The molecule has 1 aliphatic rings. The van der Waals surface area contributed by atoms with Gasteiger partial charge in [0, 0.05) is 37.2 Å². The fraction of sp³-hybridized carbons (Fsp3) is 0.304. The highest BCUT2D eigenvalue weighted by molar-refractivity contribution is 9.10. The predicted octanol–water partition coefficient (Wildman–Crippen LogP) is 4.29. The molecule has 1 aliphatic heterocycles. The molecule has 6 heteroatoms. The van der Waals surface area contributed by atoms with E-state index in [1.165, 1.54) is 5.56 Å². The topological polar surface area (TPSA) is 41.4 Å². The van der Waals surface area contributed by atoms with Gasteiger partial charge in [-0.05, 0) is 43.2 Å². The summed E-state index contributed by atoms with van der Waals surface area (Å²) in [7, 11) is 0. The first-order valence-corrected chi connectivity index (χ1v) is 10.8. The van der Waals surface area contributed by atoms with Crippen molar-refractivity contribution in [1.29, 1.82) is 0 Å². The van der Waals surface area contributed by atoms with Crippen LogP contribution in [0.15, 0.2) is 65.3 Å². The lowest BCUT2D eigenvalue weighted by Gasteiger charge is -2.22. The van der Waals surface area contributed by atoms with Crippen LogP contribution >= 0.6 is 15.9 Å². The molecular weight excluding hydrogens is 428 g/mol. The van der Waals surface area contributed by atoms with Crippen LogP contribution in [0.3, 0.4) is 0 Å². The van der Waals surface area contributed by atoms with E-state index in [1.54, 1.807) is 6.20 Å². The Morgan fingerprint density at radius 2 is 1.76 bits per heavy atom. The van der Waals surface area contributed by atoms with Crippen molar-refractivity contribution in [3.63, 3.8) is 0 Å². The molecule has 0 bridgehead atoms. The molecule has 5 nitrogen and oxygen atoms in total. The maximum absolute atomic E-state index is 13.2. The van der Waals surface area contributed by atoms with Gasteiger partial charge in [0.1, 0.15) is 0 Å². The van der Waals surface area contributed by atoms with Gasteiger partial charge in [-0.25, -0.2) is 4.68 Å². The number of benzene rings is 2. The normalized spacial score (nSPS) is 15.3. The van der Waals surface area contributed by atoms with E-state index >= 15 is 0 Å². The summed E-state index contributed by atoms with van der Waals surface area (Å²) in [6, 6.07) is 18.5. The van der Waals surface area contributed by atoms with Crippen LogP contribution in [0.25, 0.3) is 5.69 Å². The molecule has 2 aromatic carbocycles. The summed E-state index contributed by atoms with van der Waals surface area (Å²) in [5, 5.41) is 4.47. The molecule has 4 rings (SSSR count). The number of rotatable bonds is 4. The molecule has 3 aromatic rings. The first-order valence-electron chi connectivity index (χ1n) is 9.98. The third-order valence-corrected chi connectivity index (χ3v) is 5.96. The summed E-state index contributed by atoms with van der Waals surface area (Å²) in [5.41, 5.74) is 3.83. The van der Waals surface area contributed by atoms with E-state index in [4.69, 9.17) is 0 Å². The largest absolute Gasteiger partial charge is 0.337 e. The van der Waals surface area contributed by atoms with Gasteiger partial charge < -0.3 is 4.90 Å². The monoisotopic (exact) mass is 452 g/mol. The minimum Gasteiger partial charge on any atom is -0.337 e. The van der Waals surface area contributed by atoms with Crippen LogP contribution in [-0.4, -0.2) is 51.7 Å². The fourth-order valence-electron chi connectivity index (χ4n) is 3.81. The number of aromatic nitrogens is 2. The van der Waals surface area contributed by atoms with Crippen LogP contribution in [0.4, 0.5) is 0 Å². The van der Waals surface area contributed by atoms with Gasteiger partial charge in [0.25, 0.3) is 5.91 Å². The Labute approximate surface area is 180 Å². The van der Waals surface area contributed by atoms with Crippen molar-refractivity contribution in [2.24, 2.45) is 0 Å². The molecule has 1 fully saturated rings. The Morgan fingerprint density at radius 3 is 2.52 bits per heavy atom. The summed E-state index contributed by atoms with van der Waals surface area (Å²) >= 11 is 3.46. The Bertz CT molecular complexity index is 968. The average Bonchev–Trinajstić information content (AvgIpc) is 2.96. The Hall–Kier alpha value is -2.44. The molecule has 0 saturated carbocycles. The molecule has 0 atom stereocenters. The standard InChI is InChI=1S/C23H25BrN4O/c1-18-22(16-25-28(18)21-10-8-20(24)9-11-21)23(29)27-13-5-12-26(14-15-27)17-19-6-3-2-4-7-19/h2-4,6-11,16H,5,12-15,17H2,1H3. The van der Waals surface area contributed by atoms with Gasteiger partial charge >= 0.3 is 0 Å². The molecule has 2 heterocycles. The molecule has 1 aromatic heterocycles. The lowest BCUT2D eigenvalue weighted by molar-refractivity contribution is 0.0760. The van der Waals surface area contributed by atoms with E-state index in [-0.39, 0.29) is 5.91 Å². The van der Waals surface area contributed by atoms with Gasteiger partial charge in [0.05, 0.1) is 23.1 Å². The Kier molecular flexibility index (Phi) is 6.11. The summed E-state index contributed by atoms with van der Waals surface area (Å²) in [5.74, 6) is 0.0763. The third-order valence-electron chi connectivity index (χ3n) is 5.44. The molecule has 0 unspecified atom stereocenters. The van der Waals surface area contributed by atoms with Crippen molar-refractivity contribution in [2.45, 2.75) is 19.9 Å². The highest BCUT2D eigenvalue weighted by atomic mass is 79.9. The lowest BCUT2D eigenvalue weighted by Crippen LogP contribution is -2.35. The maximum atomic E-state index is 13.2. The molecule has 1 saturated heterocycles. The van der Waals surface area contributed by atoms with Gasteiger partial charge in [0.2, 0.25) is 0 Å². The first kappa shape index (κ1) is 19.9. The number of nitrogens with zero attached hydrogens (tertiary/aromatic N) is 4. The highest BCUT2D eigenvalue weighted by Crippen LogP contribution is 2.19. The second-order valence-corrected chi connectivity index (χ2v) is 8.36. The zero-order chi connectivity index (χ0) is 20.2. The Morgan fingerprint density at radius 1 is 1.00 bits per heavy atom.